The van der Waals surface area contributed by atoms with Gasteiger partial charge in [0.05, 0.1) is 43.2 Å². The average molecular weight is 917 g/mol. The summed E-state index contributed by atoms with van der Waals surface area (Å²) in [5.41, 5.74) is -2.83. The fourth-order valence-corrected chi connectivity index (χ4v) is 16.5. The molecule has 0 aromatic rings. The highest BCUT2D eigenvalue weighted by Gasteiger charge is 2.74. The summed E-state index contributed by atoms with van der Waals surface area (Å²) in [7, 11) is 0. The van der Waals surface area contributed by atoms with Gasteiger partial charge in [0.25, 0.3) is 0 Å². The van der Waals surface area contributed by atoms with Crippen LogP contribution in [0.3, 0.4) is 0 Å². The molecule has 5 saturated carbocycles. The number of fused-ring (bicyclic) bond motifs is 7. The summed E-state index contributed by atoms with van der Waals surface area (Å²) in [6.45, 7) is 18.2. The number of hydrogen-bond acceptors (Lipinski definition) is 17. The van der Waals surface area contributed by atoms with Crippen molar-refractivity contribution in [3.63, 3.8) is 0 Å². The minimum atomic E-state index is -1.64. The SMILES string of the molecule is C[C@@H]1O[C@@H](O[C@H]2CC[C@]3(C)[C@H]4CC[C@@H]5[C@@]6(C)CC[C@@H](C(C)(C)O[C@@H]7O[C@H](CO)[C@@H](O)[C@H](O)[C@H]7O)[C@@H]6[C@@H](O)C[C@@]5(C)[C@]4(C)C[C@H](O)[C@H]3C2(C)C)[C@H](O[C@@H]2OC[C@@H](O)[C@H](O)[C@H]2O)[C@H](O)[C@H]1O. The highest BCUT2D eigenvalue weighted by molar-refractivity contribution is 5.23. The predicted molar refractivity (Wildman–Crippen MR) is 225 cm³/mol. The number of aliphatic hydroxyl groups is 11. The van der Waals surface area contributed by atoms with E-state index in [1.54, 1.807) is 6.92 Å². The molecule has 0 unspecified atom stereocenters. The molecule has 11 N–H and O–H groups in total. The highest BCUT2D eigenvalue weighted by Crippen LogP contribution is 2.78. The summed E-state index contributed by atoms with van der Waals surface area (Å²) in [6.07, 6.45) is -15.1. The van der Waals surface area contributed by atoms with Gasteiger partial charge >= 0.3 is 0 Å². The Morgan fingerprint density at radius 1 is 0.594 bits per heavy atom. The number of hydrogen-bond donors (Lipinski definition) is 11. The van der Waals surface area contributed by atoms with Crippen LogP contribution in [-0.4, -0.2) is 179 Å². The second-order valence-corrected chi connectivity index (χ2v) is 23.7. The molecule has 3 heterocycles. The van der Waals surface area contributed by atoms with Crippen LogP contribution in [0.5, 0.6) is 0 Å². The Bertz CT molecular complexity index is 1670. The van der Waals surface area contributed by atoms with Crippen molar-refractivity contribution in [2.24, 2.45) is 56.7 Å². The van der Waals surface area contributed by atoms with Crippen LogP contribution < -0.4 is 0 Å². The maximum Gasteiger partial charge on any atom is 0.187 e. The van der Waals surface area contributed by atoms with Crippen molar-refractivity contribution < 1.29 is 84.6 Å². The van der Waals surface area contributed by atoms with Crippen molar-refractivity contribution >= 4 is 0 Å². The van der Waals surface area contributed by atoms with Gasteiger partial charge in [-0.25, -0.2) is 0 Å². The van der Waals surface area contributed by atoms with E-state index in [2.05, 4.69) is 41.5 Å². The Morgan fingerprint density at radius 2 is 1.19 bits per heavy atom. The Kier molecular flexibility index (Phi) is 13.2. The Hall–Kier alpha value is -0.680. The molecule has 0 bridgehead atoms. The van der Waals surface area contributed by atoms with Gasteiger partial charge in [0.15, 0.2) is 18.9 Å². The number of aliphatic hydroxyl groups excluding tert-OH is 11. The lowest BCUT2D eigenvalue weighted by molar-refractivity contribution is -0.369. The van der Waals surface area contributed by atoms with E-state index in [9.17, 15) is 56.2 Å². The van der Waals surface area contributed by atoms with Crippen LogP contribution in [-0.2, 0) is 28.4 Å². The molecule has 0 amide bonds. The molecule has 0 aromatic carbocycles. The molecule has 0 radical (unpaired) electrons. The Morgan fingerprint density at radius 3 is 1.83 bits per heavy atom. The first-order valence-corrected chi connectivity index (χ1v) is 24.0. The Labute approximate surface area is 377 Å². The van der Waals surface area contributed by atoms with E-state index < -0.39 is 122 Å². The topological polar surface area (TPSA) is 278 Å². The lowest BCUT2D eigenvalue weighted by atomic mass is 9.31. The van der Waals surface area contributed by atoms with Crippen molar-refractivity contribution in [3.8, 4) is 0 Å². The molecule has 17 heteroatoms. The molecule has 8 rings (SSSR count). The molecule has 3 aliphatic heterocycles. The summed E-state index contributed by atoms with van der Waals surface area (Å²) >= 11 is 0. The maximum atomic E-state index is 12.7. The van der Waals surface area contributed by atoms with Gasteiger partial charge in [-0.3, -0.25) is 0 Å². The van der Waals surface area contributed by atoms with Gasteiger partial charge in [-0.05, 0) is 129 Å². The van der Waals surface area contributed by atoms with Gasteiger partial charge in [0, 0.05) is 0 Å². The minimum absolute atomic E-state index is 0.130. The first kappa shape index (κ1) is 49.7. The summed E-state index contributed by atoms with van der Waals surface area (Å²) in [5.74, 6) is -0.0500. The van der Waals surface area contributed by atoms with Crippen LogP contribution in [0.1, 0.15) is 114 Å². The predicted octanol–water partition coefficient (Wildman–Crippen LogP) is 0.301. The molecule has 0 spiro atoms. The van der Waals surface area contributed by atoms with Crippen LogP contribution in [0.25, 0.3) is 0 Å². The molecule has 0 aromatic heterocycles. The van der Waals surface area contributed by atoms with Gasteiger partial charge in [-0.2, -0.15) is 0 Å². The van der Waals surface area contributed by atoms with Gasteiger partial charge in [-0.1, -0.05) is 41.5 Å². The molecule has 17 nitrogen and oxygen atoms in total. The zero-order valence-electron chi connectivity index (χ0n) is 39.1. The van der Waals surface area contributed by atoms with Gasteiger partial charge in [-0.15, -0.1) is 0 Å². The van der Waals surface area contributed by atoms with E-state index in [4.69, 9.17) is 28.4 Å². The lowest BCUT2D eigenvalue weighted by Gasteiger charge is -2.74. The normalized spacial score (nSPS) is 57.6. The van der Waals surface area contributed by atoms with Crippen molar-refractivity contribution in [2.75, 3.05) is 13.2 Å². The average Bonchev–Trinajstić information content (AvgIpc) is 3.59. The van der Waals surface area contributed by atoms with E-state index in [-0.39, 0.29) is 57.9 Å². The van der Waals surface area contributed by atoms with Gasteiger partial charge in [0.2, 0.25) is 0 Å². The molecular formula is C47H80O17. The second-order valence-electron chi connectivity index (χ2n) is 23.7. The number of rotatable bonds is 8. The molecule has 26 atom stereocenters. The van der Waals surface area contributed by atoms with Crippen molar-refractivity contribution in [1.29, 1.82) is 0 Å². The van der Waals surface area contributed by atoms with Crippen molar-refractivity contribution in [3.05, 3.63) is 0 Å². The van der Waals surface area contributed by atoms with Gasteiger partial charge < -0.3 is 84.6 Å². The van der Waals surface area contributed by atoms with Crippen LogP contribution in [0.15, 0.2) is 0 Å². The zero-order valence-corrected chi connectivity index (χ0v) is 39.1. The quantitative estimate of drug-likeness (QED) is 0.146. The van der Waals surface area contributed by atoms with E-state index in [1.807, 2.05) is 13.8 Å². The third-order valence-electron chi connectivity index (χ3n) is 19.7. The van der Waals surface area contributed by atoms with E-state index >= 15 is 0 Å². The summed E-state index contributed by atoms with van der Waals surface area (Å²) in [5, 5.41) is 120. The van der Waals surface area contributed by atoms with Crippen LogP contribution >= 0.6 is 0 Å². The standard InChI is InChI=1S/C47H80O17/c1-20-30(52)34(56)37(63-39-35(57)31(53)24(51)19-59-39)41(60-20)62-28-13-15-45(7)27-11-10-26-44(6)14-12-21(43(4,5)64-40-36(58)33(55)32(54)25(18-48)61-40)29(44)22(49)16-46(26,8)47(27,9)17-23(50)38(45)42(28,2)3/h20-41,48-58H,10-19H2,1-9H3/t20-,21+,22-,23-,24+,25+,26+,27+,28-,29+,30-,31-,32+,33-,34+,35+,36+,37+,38-,39-,40-,41-,44+,45+,46+,47+/m0/s1. The number of ether oxygens (including phenoxy) is 6. The maximum absolute atomic E-state index is 12.7. The zero-order chi connectivity index (χ0) is 47.0. The first-order valence-electron chi connectivity index (χ1n) is 24.0. The third-order valence-corrected chi connectivity index (χ3v) is 19.7. The second kappa shape index (κ2) is 17.0. The molecule has 3 saturated heterocycles. The summed E-state index contributed by atoms with van der Waals surface area (Å²) in [4.78, 5) is 0. The minimum Gasteiger partial charge on any atom is -0.394 e. The monoisotopic (exact) mass is 917 g/mol. The third kappa shape index (κ3) is 7.43. The smallest absolute Gasteiger partial charge is 0.187 e. The van der Waals surface area contributed by atoms with Crippen molar-refractivity contribution in [1.82, 2.24) is 0 Å². The highest BCUT2D eigenvalue weighted by atomic mass is 16.8. The van der Waals surface area contributed by atoms with Crippen LogP contribution in [0.4, 0.5) is 0 Å². The van der Waals surface area contributed by atoms with Crippen LogP contribution in [0.2, 0.25) is 0 Å². The summed E-state index contributed by atoms with van der Waals surface area (Å²) in [6, 6.07) is 0. The molecule has 8 aliphatic rings. The van der Waals surface area contributed by atoms with Crippen LogP contribution in [0, 0.1) is 56.7 Å². The fraction of sp³-hybridized carbons (Fsp3) is 1.00. The van der Waals surface area contributed by atoms with Gasteiger partial charge in [0.1, 0.15) is 61.0 Å². The van der Waals surface area contributed by atoms with E-state index in [0.717, 1.165) is 32.1 Å². The molecule has 370 valence electrons. The van der Waals surface area contributed by atoms with Crippen molar-refractivity contribution in [2.45, 2.75) is 224 Å². The Balaban J connectivity index is 1.01. The molecule has 64 heavy (non-hydrogen) atoms. The van der Waals surface area contributed by atoms with E-state index in [0.29, 0.717) is 19.3 Å². The van der Waals surface area contributed by atoms with E-state index in [1.165, 1.54) is 0 Å². The molecular weight excluding hydrogens is 836 g/mol. The largest absolute Gasteiger partial charge is 0.394 e. The molecule has 8 fully saturated rings. The lowest BCUT2D eigenvalue weighted by Crippen LogP contribution is -2.71. The molecule has 5 aliphatic carbocycles. The fourth-order valence-electron chi connectivity index (χ4n) is 16.5. The first-order chi connectivity index (χ1) is 29.7. The summed E-state index contributed by atoms with van der Waals surface area (Å²) < 4.78 is 36.7.